The Balaban J connectivity index is 1.98. The Bertz CT molecular complexity index is 456. The number of aliphatic hydroxyl groups excluding tert-OH is 1. The van der Waals surface area contributed by atoms with Crippen LogP contribution in [-0.2, 0) is 11.2 Å². The third-order valence-electron chi connectivity index (χ3n) is 3.18. The van der Waals surface area contributed by atoms with E-state index in [1.807, 2.05) is 24.3 Å². The van der Waals surface area contributed by atoms with E-state index in [4.69, 9.17) is 5.11 Å². The van der Waals surface area contributed by atoms with Gasteiger partial charge in [0, 0.05) is 25.3 Å². The van der Waals surface area contributed by atoms with Gasteiger partial charge in [-0.3, -0.25) is 15.0 Å². The third-order valence-corrected chi connectivity index (χ3v) is 3.18. The van der Waals surface area contributed by atoms with Crippen molar-refractivity contribution in [1.82, 2.24) is 5.32 Å². The molecule has 0 bridgehead atoms. The smallest absolute Gasteiger partial charge is 0.328 e. The summed E-state index contributed by atoms with van der Waals surface area (Å²) in [5.74, 6) is -0.220. The normalized spacial score (nSPS) is 15.5. The summed E-state index contributed by atoms with van der Waals surface area (Å²) in [6.45, 7) is 0.647. The number of carbonyl (C=O) groups excluding carboxylic acids is 2. The lowest BCUT2D eigenvalue weighted by atomic mass is 10.1. The van der Waals surface area contributed by atoms with E-state index in [1.54, 1.807) is 4.90 Å². The molecular formula is C14H18N2O3. The SMILES string of the molecule is O=C1CCN(c2ccc(CCCCO)cc2)C(=O)N1. The summed E-state index contributed by atoms with van der Waals surface area (Å²) in [7, 11) is 0. The van der Waals surface area contributed by atoms with Crippen molar-refractivity contribution >= 4 is 17.6 Å². The predicted molar refractivity (Wildman–Crippen MR) is 72.0 cm³/mol. The lowest BCUT2D eigenvalue weighted by molar-refractivity contribution is -0.120. The number of aliphatic hydroxyl groups is 1. The van der Waals surface area contributed by atoms with Crippen LogP contribution in [0.3, 0.4) is 0 Å². The Hall–Kier alpha value is -1.88. The number of nitrogens with one attached hydrogen (secondary N) is 1. The van der Waals surface area contributed by atoms with Gasteiger partial charge in [0.15, 0.2) is 0 Å². The first kappa shape index (κ1) is 13.5. The average molecular weight is 262 g/mol. The van der Waals surface area contributed by atoms with Crippen molar-refractivity contribution in [2.45, 2.75) is 25.7 Å². The highest BCUT2D eigenvalue weighted by atomic mass is 16.3. The summed E-state index contributed by atoms with van der Waals surface area (Å²) >= 11 is 0. The third kappa shape index (κ3) is 3.54. The molecule has 2 rings (SSSR count). The van der Waals surface area contributed by atoms with Gasteiger partial charge >= 0.3 is 6.03 Å². The van der Waals surface area contributed by atoms with E-state index in [0.29, 0.717) is 13.0 Å². The van der Waals surface area contributed by atoms with Crippen molar-refractivity contribution < 1.29 is 14.7 Å². The minimum atomic E-state index is -0.357. The summed E-state index contributed by atoms with van der Waals surface area (Å²) in [5, 5.41) is 11.0. The van der Waals surface area contributed by atoms with E-state index in [-0.39, 0.29) is 18.5 Å². The molecule has 0 radical (unpaired) electrons. The number of aryl methyl sites for hydroxylation is 1. The molecule has 1 aromatic rings. The Kier molecular flexibility index (Phi) is 4.52. The minimum absolute atomic E-state index is 0.220. The number of nitrogens with zero attached hydrogens (tertiary/aromatic N) is 1. The van der Waals surface area contributed by atoms with Crippen LogP contribution < -0.4 is 10.2 Å². The van der Waals surface area contributed by atoms with Crippen LogP contribution >= 0.6 is 0 Å². The topological polar surface area (TPSA) is 69.6 Å². The number of urea groups is 1. The molecule has 0 atom stereocenters. The molecule has 5 heteroatoms. The molecule has 3 amide bonds. The van der Waals surface area contributed by atoms with Crippen LogP contribution in [0.4, 0.5) is 10.5 Å². The molecule has 0 spiro atoms. The van der Waals surface area contributed by atoms with Crippen LogP contribution in [0.25, 0.3) is 0 Å². The second kappa shape index (κ2) is 6.33. The first-order valence-corrected chi connectivity index (χ1v) is 6.52. The van der Waals surface area contributed by atoms with Crippen molar-refractivity contribution in [2.24, 2.45) is 0 Å². The predicted octanol–water partition coefficient (Wildman–Crippen LogP) is 1.45. The van der Waals surface area contributed by atoms with E-state index >= 15 is 0 Å². The van der Waals surface area contributed by atoms with Gasteiger partial charge in [0.05, 0.1) is 0 Å². The number of rotatable bonds is 5. The molecule has 1 heterocycles. The Labute approximate surface area is 112 Å². The molecule has 102 valence electrons. The number of unbranched alkanes of at least 4 members (excludes halogenated alkanes) is 1. The maximum absolute atomic E-state index is 11.7. The number of carbonyl (C=O) groups is 2. The van der Waals surface area contributed by atoms with Crippen LogP contribution in [0.1, 0.15) is 24.8 Å². The maximum atomic E-state index is 11.7. The van der Waals surface area contributed by atoms with Gasteiger partial charge in [-0.2, -0.15) is 0 Å². The molecule has 0 aromatic heterocycles. The van der Waals surface area contributed by atoms with Gasteiger partial charge in [-0.15, -0.1) is 0 Å². The van der Waals surface area contributed by atoms with Crippen LogP contribution in [0, 0.1) is 0 Å². The van der Waals surface area contributed by atoms with Gasteiger partial charge in [0.1, 0.15) is 0 Å². The number of imide groups is 1. The van der Waals surface area contributed by atoms with Gasteiger partial charge in [-0.05, 0) is 37.0 Å². The number of anilines is 1. The molecule has 0 aliphatic carbocycles. The highest BCUT2D eigenvalue weighted by molar-refractivity contribution is 6.05. The zero-order valence-corrected chi connectivity index (χ0v) is 10.8. The highest BCUT2D eigenvalue weighted by Crippen LogP contribution is 2.18. The van der Waals surface area contributed by atoms with Crippen LogP contribution in [0.2, 0.25) is 0 Å². The van der Waals surface area contributed by atoms with Crippen LogP contribution in [0.5, 0.6) is 0 Å². The molecule has 1 aliphatic heterocycles. The highest BCUT2D eigenvalue weighted by Gasteiger charge is 2.23. The fourth-order valence-electron chi connectivity index (χ4n) is 2.09. The van der Waals surface area contributed by atoms with Gasteiger partial charge in [-0.1, -0.05) is 12.1 Å². The van der Waals surface area contributed by atoms with E-state index < -0.39 is 0 Å². The first-order valence-electron chi connectivity index (χ1n) is 6.52. The van der Waals surface area contributed by atoms with Gasteiger partial charge in [0.25, 0.3) is 0 Å². The quantitative estimate of drug-likeness (QED) is 0.789. The second-order valence-electron chi connectivity index (χ2n) is 4.60. The largest absolute Gasteiger partial charge is 0.396 e. The van der Waals surface area contributed by atoms with Crippen molar-refractivity contribution in [1.29, 1.82) is 0 Å². The summed E-state index contributed by atoms with van der Waals surface area (Å²) < 4.78 is 0. The number of amides is 3. The van der Waals surface area contributed by atoms with Crippen molar-refractivity contribution in [3.8, 4) is 0 Å². The fraction of sp³-hybridized carbons (Fsp3) is 0.429. The number of benzene rings is 1. The lowest BCUT2D eigenvalue weighted by Crippen LogP contribution is -2.49. The minimum Gasteiger partial charge on any atom is -0.396 e. The zero-order chi connectivity index (χ0) is 13.7. The Morgan fingerprint density at radius 2 is 1.89 bits per heavy atom. The van der Waals surface area contributed by atoms with E-state index in [0.717, 1.165) is 24.9 Å². The Morgan fingerprint density at radius 3 is 2.53 bits per heavy atom. The van der Waals surface area contributed by atoms with Gasteiger partial charge < -0.3 is 5.11 Å². The fourth-order valence-corrected chi connectivity index (χ4v) is 2.09. The summed E-state index contributed by atoms with van der Waals surface area (Å²) in [5.41, 5.74) is 1.99. The monoisotopic (exact) mass is 262 g/mol. The summed E-state index contributed by atoms with van der Waals surface area (Å²) in [4.78, 5) is 24.3. The molecule has 1 fully saturated rings. The van der Waals surface area contributed by atoms with E-state index in [1.165, 1.54) is 5.56 Å². The molecule has 19 heavy (non-hydrogen) atoms. The van der Waals surface area contributed by atoms with Crippen molar-refractivity contribution in [3.63, 3.8) is 0 Å². The molecule has 1 aliphatic rings. The summed E-state index contributed by atoms with van der Waals surface area (Å²) in [6.07, 6.45) is 3.02. The number of hydrogen-bond acceptors (Lipinski definition) is 3. The Morgan fingerprint density at radius 1 is 1.16 bits per heavy atom. The molecule has 5 nitrogen and oxygen atoms in total. The first-order chi connectivity index (χ1) is 9.20. The van der Waals surface area contributed by atoms with E-state index in [9.17, 15) is 9.59 Å². The molecule has 0 unspecified atom stereocenters. The maximum Gasteiger partial charge on any atom is 0.328 e. The standard InChI is InChI=1S/C14H18N2O3/c17-10-2-1-3-11-4-6-12(7-5-11)16-9-8-13(18)15-14(16)19/h4-7,17H,1-3,8-10H2,(H,15,18,19). The molecular weight excluding hydrogens is 244 g/mol. The summed E-state index contributed by atoms with van der Waals surface area (Å²) in [6, 6.07) is 7.39. The van der Waals surface area contributed by atoms with Crippen LogP contribution in [0.15, 0.2) is 24.3 Å². The molecule has 1 saturated heterocycles. The van der Waals surface area contributed by atoms with Gasteiger partial charge in [-0.25, -0.2) is 4.79 Å². The van der Waals surface area contributed by atoms with Gasteiger partial charge in [0.2, 0.25) is 5.91 Å². The molecule has 0 saturated carbocycles. The second-order valence-corrected chi connectivity index (χ2v) is 4.60. The number of hydrogen-bond donors (Lipinski definition) is 2. The van der Waals surface area contributed by atoms with E-state index in [2.05, 4.69) is 5.32 Å². The van der Waals surface area contributed by atoms with Crippen LogP contribution in [-0.4, -0.2) is 30.2 Å². The lowest BCUT2D eigenvalue weighted by Gasteiger charge is -2.26. The average Bonchev–Trinajstić information content (AvgIpc) is 2.40. The van der Waals surface area contributed by atoms with Crippen molar-refractivity contribution in [2.75, 3.05) is 18.1 Å². The molecule has 1 aromatic carbocycles. The zero-order valence-electron chi connectivity index (χ0n) is 10.8. The molecule has 2 N–H and O–H groups in total. The van der Waals surface area contributed by atoms with Crippen molar-refractivity contribution in [3.05, 3.63) is 29.8 Å².